The molecule has 1 fully saturated rings. The van der Waals surface area contributed by atoms with Crippen LogP contribution in [0, 0.1) is 12.8 Å². The van der Waals surface area contributed by atoms with Crippen molar-refractivity contribution in [1.82, 2.24) is 5.32 Å². The minimum atomic E-state index is -0.233. The molecule has 3 N–H and O–H groups in total. The van der Waals surface area contributed by atoms with Gasteiger partial charge < -0.3 is 15.5 Å². The Morgan fingerprint density at radius 1 is 1.32 bits per heavy atom. The second-order valence-corrected chi connectivity index (χ2v) is 5.41. The lowest BCUT2D eigenvalue weighted by atomic mass is 9.87. The number of aromatic hydroxyl groups is 1. The fourth-order valence-corrected chi connectivity index (χ4v) is 2.51. The Hall–Kier alpha value is -1.55. The summed E-state index contributed by atoms with van der Waals surface area (Å²) in [5.74, 6) is 0.222. The fraction of sp³-hybridized carbons (Fsp3) is 0.533. The van der Waals surface area contributed by atoms with Gasteiger partial charge in [0.1, 0.15) is 5.75 Å². The van der Waals surface area contributed by atoms with Crippen molar-refractivity contribution in [2.24, 2.45) is 5.92 Å². The number of carbonyl (C=O) groups excluding carboxylic acids is 1. The van der Waals surface area contributed by atoms with Crippen molar-refractivity contribution in [2.75, 3.05) is 6.54 Å². The van der Waals surface area contributed by atoms with E-state index in [1.54, 1.807) is 12.1 Å². The Morgan fingerprint density at radius 2 is 2.00 bits per heavy atom. The Kier molecular flexibility index (Phi) is 4.43. The lowest BCUT2D eigenvalue weighted by molar-refractivity contribution is 0.0908. The largest absolute Gasteiger partial charge is 0.507 e. The van der Waals surface area contributed by atoms with Gasteiger partial charge in [-0.25, -0.2) is 0 Å². The molecule has 0 unspecified atom stereocenters. The average molecular weight is 263 g/mol. The Balaban J connectivity index is 1.87. The first kappa shape index (κ1) is 13.9. The quantitative estimate of drug-likeness (QED) is 0.781. The van der Waals surface area contributed by atoms with Crippen LogP contribution in [0.4, 0.5) is 0 Å². The van der Waals surface area contributed by atoms with E-state index in [1.807, 2.05) is 13.0 Å². The predicted octanol–water partition coefficient (Wildman–Crippen LogP) is 1.98. The van der Waals surface area contributed by atoms with Crippen molar-refractivity contribution >= 4 is 5.91 Å². The molecule has 0 heterocycles. The van der Waals surface area contributed by atoms with E-state index in [-0.39, 0.29) is 17.8 Å². The van der Waals surface area contributed by atoms with Gasteiger partial charge in [-0.15, -0.1) is 0 Å². The summed E-state index contributed by atoms with van der Waals surface area (Å²) in [4.78, 5) is 12.0. The number of benzene rings is 1. The Bertz CT molecular complexity index is 451. The fourth-order valence-electron chi connectivity index (χ4n) is 2.51. The molecule has 4 nitrogen and oxygen atoms in total. The number of aryl methyl sites for hydroxylation is 1. The van der Waals surface area contributed by atoms with Gasteiger partial charge in [-0.3, -0.25) is 4.79 Å². The molecule has 0 radical (unpaired) electrons. The van der Waals surface area contributed by atoms with E-state index in [2.05, 4.69) is 5.32 Å². The molecule has 1 aromatic rings. The predicted molar refractivity (Wildman–Crippen MR) is 73.1 cm³/mol. The lowest BCUT2D eigenvalue weighted by Gasteiger charge is -2.25. The number of hydrogen-bond donors (Lipinski definition) is 3. The molecular formula is C15H21NO3. The summed E-state index contributed by atoms with van der Waals surface area (Å²) in [6.07, 6.45) is 3.35. The monoisotopic (exact) mass is 263 g/mol. The maximum Gasteiger partial charge on any atom is 0.255 e. The van der Waals surface area contributed by atoms with Crippen molar-refractivity contribution in [1.29, 1.82) is 0 Å². The normalized spacial score (nSPS) is 23.1. The standard InChI is InChI=1S/C15H21NO3/c1-10-2-7-13(14(18)8-10)15(19)16-9-11-3-5-12(17)6-4-11/h2,7-8,11-12,17-18H,3-6,9H2,1H3,(H,16,19). The molecule has 1 aliphatic rings. The number of aliphatic hydroxyl groups excluding tert-OH is 1. The van der Waals surface area contributed by atoms with E-state index in [0.29, 0.717) is 18.0 Å². The molecule has 104 valence electrons. The highest BCUT2D eigenvalue weighted by Crippen LogP contribution is 2.24. The molecule has 0 aromatic heterocycles. The van der Waals surface area contributed by atoms with Crippen molar-refractivity contribution in [2.45, 2.75) is 38.7 Å². The number of amides is 1. The van der Waals surface area contributed by atoms with E-state index in [4.69, 9.17) is 0 Å². The molecule has 19 heavy (non-hydrogen) atoms. The number of phenols is 1. The second-order valence-electron chi connectivity index (χ2n) is 5.41. The first-order valence-electron chi connectivity index (χ1n) is 6.82. The van der Waals surface area contributed by atoms with Crippen LogP contribution in [0.1, 0.15) is 41.6 Å². The summed E-state index contributed by atoms with van der Waals surface area (Å²) in [6, 6.07) is 5.04. The molecule has 0 bridgehead atoms. The zero-order valence-electron chi connectivity index (χ0n) is 11.2. The van der Waals surface area contributed by atoms with Crippen LogP contribution in [0.3, 0.4) is 0 Å². The van der Waals surface area contributed by atoms with Gasteiger partial charge in [0.25, 0.3) is 5.91 Å². The van der Waals surface area contributed by atoms with Gasteiger partial charge in [0.2, 0.25) is 0 Å². The minimum Gasteiger partial charge on any atom is -0.507 e. The Labute approximate surface area is 113 Å². The number of nitrogens with one attached hydrogen (secondary N) is 1. The third-order valence-electron chi connectivity index (χ3n) is 3.77. The van der Waals surface area contributed by atoms with Crippen LogP contribution >= 0.6 is 0 Å². The highest BCUT2D eigenvalue weighted by atomic mass is 16.3. The number of hydrogen-bond acceptors (Lipinski definition) is 3. The van der Waals surface area contributed by atoms with Crippen molar-refractivity contribution in [3.63, 3.8) is 0 Å². The third kappa shape index (κ3) is 3.70. The summed E-state index contributed by atoms with van der Waals surface area (Å²) in [5, 5.41) is 22.0. The van der Waals surface area contributed by atoms with E-state index in [9.17, 15) is 15.0 Å². The molecule has 1 aliphatic carbocycles. The zero-order chi connectivity index (χ0) is 13.8. The van der Waals surface area contributed by atoms with E-state index < -0.39 is 0 Å². The molecule has 0 saturated heterocycles. The molecule has 2 rings (SSSR count). The van der Waals surface area contributed by atoms with Gasteiger partial charge in [0.05, 0.1) is 11.7 Å². The van der Waals surface area contributed by atoms with Gasteiger partial charge >= 0.3 is 0 Å². The molecular weight excluding hydrogens is 242 g/mol. The summed E-state index contributed by atoms with van der Waals surface area (Å²) in [6.45, 7) is 2.48. The number of phenolic OH excluding ortho intramolecular Hbond substituents is 1. The second kappa shape index (κ2) is 6.06. The molecule has 1 amide bonds. The minimum absolute atomic E-state index is 0.0246. The molecule has 0 spiro atoms. The number of carbonyl (C=O) groups is 1. The topological polar surface area (TPSA) is 69.6 Å². The smallest absolute Gasteiger partial charge is 0.255 e. The van der Waals surface area contributed by atoms with Crippen molar-refractivity contribution in [3.05, 3.63) is 29.3 Å². The highest BCUT2D eigenvalue weighted by molar-refractivity contribution is 5.96. The van der Waals surface area contributed by atoms with Crippen LogP contribution in [-0.4, -0.2) is 28.8 Å². The SMILES string of the molecule is Cc1ccc(C(=O)NCC2CCC(O)CC2)c(O)c1. The van der Waals surface area contributed by atoms with Gasteiger partial charge in [0, 0.05) is 6.54 Å². The van der Waals surface area contributed by atoms with Gasteiger partial charge in [-0.05, 0) is 56.2 Å². The van der Waals surface area contributed by atoms with Crippen molar-refractivity contribution in [3.8, 4) is 5.75 Å². The summed E-state index contributed by atoms with van der Waals surface area (Å²) < 4.78 is 0. The lowest BCUT2D eigenvalue weighted by Crippen LogP contribution is -2.32. The van der Waals surface area contributed by atoms with E-state index in [1.165, 1.54) is 0 Å². The van der Waals surface area contributed by atoms with Crippen molar-refractivity contribution < 1.29 is 15.0 Å². The molecule has 0 atom stereocenters. The molecule has 0 aliphatic heterocycles. The molecule has 1 saturated carbocycles. The van der Waals surface area contributed by atoms with Gasteiger partial charge in [0.15, 0.2) is 0 Å². The van der Waals surface area contributed by atoms with Crippen LogP contribution in [0.15, 0.2) is 18.2 Å². The van der Waals surface area contributed by atoms with Gasteiger partial charge in [-0.1, -0.05) is 6.07 Å². The van der Waals surface area contributed by atoms with Crippen LogP contribution < -0.4 is 5.32 Å². The van der Waals surface area contributed by atoms with Crippen LogP contribution in [0.2, 0.25) is 0 Å². The summed E-state index contributed by atoms with van der Waals surface area (Å²) in [5.41, 5.74) is 1.25. The maximum absolute atomic E-state index is 12.0. The number of aliphatic hydroxyl groups is 1. The first-order valence-corrected chi connectivity index (χ1v) is 6.82. The van der Waals surface area contributed by atoms with Crippen LogP contribution in [0.25, 0.3) is 0 Å². The molecule has 1 aromatic carbocycles. The summed E-state index contributed by atoms with van der Waals surface area (Å²) in [7, 11) is 0. The van der Waals surface area contributed by atoms with Crippen LogP contribution in [0.5, 0.6) is 5.75 Å². The Morgan fingerprint density at radius 3 is 2.63 bits per heavy atom. The molecule has 4 heteroatoms. The number of rotatable bonds is 3. The summed E-state index contributed by atoms with van der Waals surface area (Å²) >= 11 is 0. The van der Waals surface area contributed by atoms with Crippen LogP contribution in [-0.2, 0) is 0 Å². The average Bonchev–Trinajstić information content (AvgIpc) is 2.37. The zero-order valence-corrected chi connectivity index (χ0v) is 11.2. The first-order chi connectivity index (χ1) is 9.06. The van der Waals surface area contributed by atoms with E-state index >= 15 is 0 Å². The third-order valence-corrected chi connectivity index (χ3v) is 3.77. The highest BCUT2D eigenvalue weighted by Gasteiger charge is 2.20. The maximum atomic E-state index is 12.0. The van der Waals surface area contributed by atoms with Gasteiger partial charge in [-0.2, -0.15) is 0 Å². The van der Waals surface area contributed by atoms with E-state index in [0.717, 1.165) is 31.2 Å².